The average Bonchev–Trinajstić information content (AvgIpc) is 2.96. The highest BCUT2D eigenvalue weighted by Crippen LogP contribution is 2.20. The van der Waals surface area contributed by atoms with Gasteiger partial charge in [-0.25, -0.2) is 4.98 Å². The lowest BCUT2D eigenvalue weighted by Crippen LogP contribution is -2.48. The average molecular weight is 397 g/mol. The molecule has 8 nitrogen and oxygen atoms in total. The van der Waals surface area contributed by atoms with Gasteiger partial charge >= 0.3 is 0 Å². The third-order valence-electron chi connectivity index (χ3n) is 5.90. The van der Waals surface area contributed by atoms with E-state index >= 15 is 0 Å². The van der Waals surface area contributed by atoms with Crippen LogP contribution in [0.3, 0.4) is 0 Å². The van der Waals surface area contributed by atoms with Crippen LogP contribution in [0.1, 0.15) is 59.6 Å². The van der Waals surface area contributed by atoms with Gasteiger partial charge < -0.3 is 15.1 Å². The van der Waals surface area contributed by atoms with E-state index in [1.54, 1.807) is 20.4 Å². The van der Waals surface area contributed by atoms with Crippen LogP contribution in [0.4, 0.5) is 0 Å². The van der Waals surface area contributed by atoms with E-state index in [2.05, 4.69) is 10.3 Å². The quantitative estimate of drug-likeness (QED) is 0.628. The van der Waals surface area contributed by atoms with Crippen molar-refractivity contribution in [2.24, 2.45) is 0 Å². The van der Waals surface area contributed by atoms with Gasteiger partial charge in [-0.05, 0) is 25.0 Å². The van der Waals surface area contributed by atoms with E-state index in [0.717, 1.165) is 32.1 Å². The number of hydrogen-bond donors (Lipinski definition) is 1. The normalized spacial score (nSPS) is 18.5. The number of piperazine rings is 1. The molecule has 8 heteroatoms. The van der Waals surface area contributed by atoms with Crippen LogP contribution in [0.25, 0.3) is 5.52 Å². The highest BCUT2D eigenvalue weighted by atomic mass is 16.2. The Morgan fingerprint density at radius 2 is 1.76 bits per heavy atom. The molecule has 3 amide bonds. The molecule has 1 aliphatic heterocycles. The van der Waals surface area contributed by atoms with Gasteiger partial charge in [-0.15, -0.1) is 0 Å². The van der Waals surface area contributed by atoms with Gasteiger partial charge in [0.05, 0.1) is 5.52 Å². The zero-order valence-electron chi connectivity index (χ0n) is 16.5. The van der Waals surface area contributed by atoms with E-state index < -0.39 is 0 Å². The summed E-state index contributed by atoms with van der Waals surface area (Å²) in [5.74, 6) is -0.193. The van der Waals surface area contributed by atoms with Gasteiger partial charge in [0.15, 0.2) is 5.69 Å². The van der Waals surface area contributed by atoms with Crippen LogP contribution in [0.5, 0.6) is 0 Å². The lowest BCUT2D eigenvalue weighted by molar-refractivity contribution is -0.119. The summed E-state index contributed by atoms with van der Waals surface area (Å²) in [6.45, 7) is 1.94. The minimum atomic E-state index is -0.217. The van der Waals surface area contributed by atoms with Gasteiger partial charge in [0.25, 0.3) is 11.8 Å². The van der Waals surface area contributed by atoms with Crippen LogP contribution in [0.2, 0.25) is 0 Å². The van der Waals surface area contributed by atoms with Crippen LogP contribution in [0.15, 0.2) is 24.4 Å². The van der Waals surface area contributed by atoms with Crippen molar-refractivity contribution in [1.29, 1.82) is 0 Å². The molecule has 1 aliphatic carbocycles. The zero-order chi connectivity index (χ0) is 20.2. The Morgan fingerprint density at radius 3 is 2.45 bits per heavy atom. The molecule has 4 rings (SSSR count). The molecule has 2 aromatic rings. The van der Waals surface area contributed by atoms with Gasteiger partial charge in [0.1, 0.15) is 0 Å². The Labute approximate surface area is 169 Å². The molecule has 1 saturated carbocycles. The molecule has 2 aliphatic rings. The highest BCUT2D eigenvalue weighted by Gasteiger charge is 2.28. The third-order valence-corrected chi connectivity index (χ3v) is 5.90. The number of fused-ring (bicyclic) bond motifs is 1. The predicted molar refractivity (Wildman–Crippen MR) is 108 cm³/mol. The van der Waals surface area contributed by atoms with E-state index in [9.17, 15) is 14.4 Å². The first-order valence-electron chi connectivity index (χ1n) is 10.4. The number of nitrogens with zero attached hydrogens (tertiary/aromatic N) is 4. The Hall–Kier alpha value is -2.90. The van der Waals surface area contributed by atoms with E-state index in [0.29, 0.717) is 37.4 Å². The number of carbonyl (C=O) groups is 3. The van der Waals surface area contributed by atoms with Crippen molar-refractivity contribution in [3.05, 3.63) is 35.9 Å². The van der Waals surface area contributed by atoms with Crippen molar-refractivity contribution in [3.63, 3.8) is 0 Å². The lowest BCUT2D eigenvalue weighted by Gasteiger charge is -2.32. The van der Waals surface area contributed by atoms with Gasteiger partial charge in [0, 0.05) is 38.4 Å². The summed E-state index contributed by atoms with van der Waals surface area (Å²) < 4.78 is 1.69. The maximum Gasteiger partial charge on any atom is 0.290 e. The summed E-state index contributed by atoms with van der Waals surface area (Å²) in [5, 5.41) is 3.13. The fourth-order valence-electron chi connectivity index (χ4n) is 4.21. The fourth-order valence-corrected chi connectivity index (χ4v) is 4.21. The second kappa shape index (κ2) is 8.63. The fraction of sp³-hybridized carbons (Fsp3) is 0.524. The Bertz CT molecular complexity index is 893. The molecular weight excluding hydrogens is 370 g/mol. The monoisotopic (exact) mass is 397 g/mol. The summed E-state index contributed by atoms with van der Waals surface area (Å²) in [6.07, 6.45) is 9.25. The first kappa shape index (κ1) is 19.4. The van der Waals surface area contributed by atoms with E-state index in [1.807, 2.05) is 18.2 Å². The summed E-state index contributed by atoms with van der Waals surface area (Å²) in [5.41, 5.74) is 0.929. The van der Waals surface area contributed by atoms with Crippen molar-refractivity contribution in [2.75, 3.05) is 26.2 Å². The number of hydrogen-bond acceptors (Lipinski definition) is 4. The largest absolute Gasteiger partial charge is 0.348 e. The number of rotatable bonds is 4. The van der Waals surface area contributed by atoms with Crippen molar-refractivity contribution in [2.45, 2.75) is 44.6 Å². The summed E-state index contributed by atoms with van der Waals surface area (Å²) in [4.78, 5) is 44.8. The topological polar surface area (TPSA) is 87.0 Å². The molecule has 3 heterocycles. The molecule has 29 heavy (non-hydrogen) atoms. The molecule has 0 atom stereocenters. The number of aromatic nitrogens is 2. The summed E-state index contributed by atoms with van der Waals surface area (Å²) in [7, 11) is 0. The smallest absolute Gasteiger partial charge is 0.290 e. The third kappa shape index (κ3) is 4.11. The van der Waals surface area contributed by atoms with Crippen LogP contribution < -0.4 is 5.32 Å². The van der Waals surface area contributed by atoms with Gasteiger partial charge in [0.2, 0.25) is 12.2 Å². The number of carbonyl (C=O) groups excluding carboxylic acids is 3. The zero-order valence-corrected chi connectivity index (χ0v) is 16.5. The van der Waals surface area contributed by atoms with Crippen LogP contribution in [0, 0.1) is 0 Å². The van der Waals surface area contributed by atoms with Crippen molar-refractivity contribution in [3.8, 4) is 0 Å². The van der Waals surface area contributed by atoms with Crippen molar-refractivity contribution < 1.29 is 14.4 Å². The summed E-state index contributed by atoms with van der Waals surface area (Å²) in [6, 6.07) is 5.65. The van der Waals surface area contributed by atoms with E-state index in [1.165, 1.54) is 12.8 Å². The van der Waals surface area contributed by atoms with E-state index in [-0.39, 0.29) is 23.7 Å². The first-order chi connectivity index (χ1) is 14.2. The number of nitrogens with one attached hydrogen (secondary N) is 1. The van der Waals surface area contributed by atoms with Crippen molar-refractivity contribution in [1.82, 2.24) is 24.5 Å². The molecule has 0 spiro atoms. The molecule has 0 aromatic carbocycles. The minimum absolute atomic E-state index is 0.168. The number of amides is 3. The second-order valence-corrected chi connectivity index (χ2v) is 7.84. The second-order valence-electron chi connectivity index (χ2n) is 7.84. The molecule has 2 aromatic heterocycles. The Kier molecular flexibility index (Phi) is 5.78. The highest BCUT2D eigenvalue weighted by molar-refractivity contribution is 6.02. The molecular formula is C21H27N5O3. The van der Waals surface area contributed by atoms with Gasteiger partial charge in [-0.1, -0.05) is 31.7 Å². The van der Waals surface area contributed by atoms with Crippen LogP contribution in [-0.2, 0) is 4.79 Å². The summed E-state index contributed by atoms with van der Waals surface area (Å²) >= 11 is 0. The maximum absolute atomic E-state index is 13.1. The number of imidazole rings is 1. The number of pyridine rings is 1. The Balaban J connectivity index is 1.57. The standard InChI is InChI=1S/C21H27N5O3/c27-15-24-11-13-25(14-12-24)21(29)19-23-18(17-9-5-6-10-26(17)19)20(28)22-16-7-3-1-2-4-8-16/h5-6,9-10,15-16H,1-4,7-8,11-14H2,(H,22,28). The molecule has 1 saturated heterocycles. The lowest BCUT2D eigenvalue weighted by atomic mass is 10.1. The van der Waals surface area contributed by atoms with Crippen LogP contribution >= 0.6 is 0 Å². The van der Waals surface area contributed by atoms with Gasteiger partial charge in [-0.2, -0.15) is 0 Å². The molecule has 0 unspecified atom stereocenters. The molecule has 0 radical (unpaired) electrons. The van der Waals surface area contributed by atoms with Crippen molar-refractivity contribution >= 4 is 23.7 Å². The molecule has 0 bridgehead atoms. The first-order valence-corrected chi connectivity index (χ1v) is 10.4. The maximum atomic E-state index is 13.1. The van der Waals surface area contributed by atoms with Gasteiger partial charge in [-0.3, -0.25) is 18.8 Å². The minimum Gasteiger partial charge on any atom is -0.348 e. The SMILES string of the molecule is O=CN1CCN(C(=O)c2nc(C(=O)NC3CCCCCC3)c3ccccn23)CC1. The molecule has 1 N–H and O–H groups in total. The predicted octanol–water partition coefficient (Wildman–Crippen LogP) is 1.70. The van der Waals surface area contributed by atoms with Crippen LogP contribution in [-0.4, -0.2) is 69.6 Å². The Morgan fingerprint density at radius 1 is 1.03 bits per heavy atom. The molecule has 154 valence electrons. The molecule has 2 fully saturated rings. The van der Waals surface area contributed by atoms with E-state index in [4.69, 9.17) is 0 Å².